The first-order chi connectivity index (χ1) is 9.40. The van der Waals surface area contributed by atoms with Crippen molar-refractivity contribution < 1.29 is 14.3 Å². The van der Waals surface area contributed by atoms with Crippen molar-refractivity contribution >= 4 is 33.4 Å². The minimum Gasteiger partial charge on any atom is -0.476 e. The van der Waals surface area contributed by atoms with Gasteiger partial charge in [0.05, 0.1) is 18.2 Å². The minimum atomic E-state index is -0.963. The van der Waals surface area contributed by atoms with Crippen LogP contribution in [0.15, 0.2) is 22.7 Å². The summed E-state index contributed by atoms with van der Waals surface area (Å²) in [6.45, 7) is 5.84. The van der Waals surface area contributed by atoms with Crippen molar-refractivity contribution in [3.8, 4) is 5.75 Å². The largest absolute Gasteiger partial charge is 0.476 e. The standard InChI is InChI=1S/C14H17BrClNO3/c1-14(2,13(18)17-5-7-19-8-6-17)20-12-4-3-10(15)9-11(12)16/h3-4,9H,5-8H2,1-2H3. The van der Waals surface area contributed by atoms with Crippen LogP contribution in [0.2, 0.25) is 5.02 Å². The quantitative estimate of drug-likeness (QED) is 0.829. The first kappa shape index (κ1) is 15.6. The van der Waals surface area contributed by atoms with E-state index in [1.807, 2.05) is 6.07 Å². The molecular weight excluding hydrogens is 346 g/mol. The van der Waals surface area contributed by atoms with Gasteiger partial charge in [-0.25, -0.2) is 0 Å². The van der Waals surface area contributed by atoms with Gasteiger partial charge in [0.15, 0.2) is 5.60 Å². The van der Waals surface area contributed by atoms with E-state index in [1.165, 1.54) is 0 Å². The molecule has 2 rings (SSSR count). The molecule has 0 aromatic heterocycles. The summed E-state index contributed by atoms with van der Waals surface area (Å²) < 4.78 is 11.9. The van der Waals surface area contributed by atoms with Crippen LogP contribution in [0.3, 0.4) is 0 Å². The van der Waals surface area contributed by atoms with Gasteiger partial charge < -0.3 is 14.4 Å². The van der Waals surface area contributed by atoms with Gasteiger partial charge in [0, 0.05) is 17.6 Å². The van der Waals surface area contributed by atoms with Gasteiger partial charge in [0.1, 0.15) is 5.75 Å². The average molecular weight is 363 g/mol. The number of morpholine rings is 1. The maximum Gasteiger partial charge on any atom is 0.266 e. The Bertz CT molecular complexity index is 501. The van der Waals surface area contributed by atoms with Gasteiger partial charge in [0.2, 0.25) is 0 Å². The highest BCUT2D eigenvalue weighted by atomic mass is 79.9. The van der Waals surface area contributed by atoms with E-state index in [0.717, 1.165) is 4.47 Å². The summed E-state index contributed by atoms with van der Waals surface area (Å²) in [7, 11) is 0. The number of nitrogens with zero attached hydrogens (tertiary/aromatic N) is 1. The fourth-order valence-electron chi connectivity index (χ4n) is 2.02. The summed E-state index contributed by atoms with van der Waals surface area (Å²) in [6.07, 6.45) is 0. The number of hydrogen-bond donors (Lipinski definition) is 0. The van der Waals surface area contributed by atoms with Crippen molar-refractivity contribution in [1.82, 2.24) is 4.90 Å². The Kier molecular flexibility index (Phi) is 4.94. The van der Waals surface area contributed by atoms with Crippen molar-refractivity contribution in [1.29, 1.82) is 0 Å². The zero-order valence-corrected chi connectivity index (χ0v) is 13.8. The zero-order chi connectivity index (χ0) is 14.8. The number of amides is 1. The van der Waals surface area contributed by atoms with Crippen LogP contribution in [0, 0.1) is 0 Å². The van der Waals surface area contributed by atoms with E-state index in [4.69, 9.17) is 21.1 Å². The summed E-state index contributed by atoms with van der Waals surface area (Å²) >= 11 is 9.46. The molecule has 0 radical (unpaired) electrons. The molecule has 1 aromatic rings. The lowest BCUT2D eigenvalue weighted by atomic mass is 10.1. The molecule has 0 aliphatic carbocycles. The number of halogens is 2. The van der Waals surface area contributed by atoms with Crippen molar-refractivity contribution in [2.24, 2.45) is 0 Å². The molecule has 6 heteroatoms. The average Bonchev–Trinajstić information content (AvgIpc) is 2.42. The van der Waals surface area contributed by atoms with E-state index in [-0.39, 0.29) is 5.91 Å². The van der Waals surface area contributed by atoms with Crippen molar-refractivity contribution in [3.05, 3.63) is 27.7 Å². The van der Waals surface area contributed by atoms with Gasteiger partial charge in [-0.15, -0.1) is 0 Å². The molecule has 0 N–H and O–H groups in total. The van der Waals surface area contributed by atoms with Crippen LogP contribution < -0.4 is 4.74 Å². The van der Waals surface area contributed by atoms with Crippen LogP contribution >= 0.6 is 27.5 Å². The Morgan fingerprint density at radius 2 is 2.05 bits per heavy atom. The van der Waals surface area contributed by atoms with Gasteiger partial charge in [-0.3, -0.25) is 4.79 Å². The Balaban J connectivity index is 2.11. The van der Waals surface area contributed by atoms with Gasteiger partial charge in [-0.1, -0.05) is 27.5 Å². The van der Waals surface area contributed by atoms with Crippen molar-refractivity contribution in [2.75, 3.05) is 26.3 Å². The van der Waals surface area contributed by atoms with Crippen LogP contribution in [-0.4, -0.2) is 42.7 Å². The molecule has 0 unspecified atom stereocenters. The Morgan fingerprint density at radius 1 is 1.40 bits per heavy atom. The fraction of sp³-hybridized carbons (Fsp3) is 0.500. The van der Waals surface area contributed by atoms with Crippen molar-refractivity contribution in [3.63, 3.8) is 0 Å². The number of rotatable bonds is 3. The second kappa shape index (κ2) is 6.33. The predicted octanol–water partition coefficient (Wildman–Crippen LogP) is 3.12. The predicted molar refractivity (Wildman–Crippen MR) is 81.3 cm³/mol. The normalized spacial score (nSPS) is 16.1. The molecule has 0 spiro atoms. The van der Waals surface area contributed by atoms with Gasteiger partial charge >= 0.3 is 0 Å². The summed E-state index contributed by atoms with van der Waals surface area (Å²) in [5.41, 5.74) is -0.963. The lowest BCUT2D eigenvalue weighted by Crippen LogP contribution is -2.52. The second-order valence-corrected chi connectivity index (χ2v) is 6.41. The van der Waals surface area contributed by atoms with Gasteiger partial charge in [-0.05, 0) is 32.0 Å². The maximum absolute atomic E-state index is 12.5. The molecule has 0 saturated carbocycles. The van der Waals surface area contributed by atoms with Crippen molar-refractivity contribution in [2.45, 2.75) is 19.4 Å². The summed E-state index contributed by atoms with van der Waals surface area (Å²) in [5.74, 6) is 0.446. The van der Waals surface area contributed by atoms with E-state index in [1.54, 1.807) is 30.9 Å². The minimum absolute atomic E-state index is 0.0558. The highest BCUT2D eigenvalue weighted by Gasteiger charge is 2.35. The molecule has 1 amide bonds. The smallest absolute Gasteiger partial charge is 0.266 e. The van der Waals surface area contributed by atoms with E-state index in [9.17, 15) is 4.79 Å². The lowest BCUT2D eigenvalue weighted by molar-refractivity contribution is -0.149. The number of ether oxygens (including phenoxy) is 2. The van der Waals surface area contributed by atoms with E-state index < -0.39 is 5.60 Å². The third kappa shape index (κ3) is 3.65. The molecule has 1 heterocycles. The first-order valence-electron chi connectivity index (χ1n) is 6.41. The number of hydrogen-bond acceptors (Lipinski definition) is 3. The number of benzene rings is 1. The highest BCUT2D eigenvalue weighted by molar-refractivity contribution is 9.10. The Morgan fingerprint density at radius 3 is 2.65 bits per heavy atom. The van der Waals surface area contributed by atoms with Gasteiger partial charge in [-0.2, -0.15) is 0 Å². The lowest BCUT2D eigenvalue weighted by Gasteiger charge is -2.34. The van der Waals surface area contributed by atoms with Crippen LogP contribution in [0.5, 0.6) is 5.75 Å². The molecule has 0 bridgehead atoms. The topological polar surface area (TPSA) is 38.8 Å². The molecule has 0 atom stereocenters. The fourth-order valence-corrected chi connectivity index (χ4v) is 2.74. The van der Waals surface area contributed by atoms with Crippen LogP contribution in [0.1, 0.15) is 13.8 Å². The highest BCUT2D eigenvalue weighted by Crippen LogP contribution is 2.31. The third-order valence-electron chi connectivity index (χ3n) is 3.07. The zero-order valence-electron chi connectivity index (χ0n) is 11.5. The molecular formula is C14H17BrClNO3. The number of carbonyl (C=O) groups excluding carboxylic acids is 1. The molecule has 1 fully saturated rings. The monoisotopic (exact) mass is 361 g/mol. The Hall–Kier alpha value is -0.780. The molecule has 1 aliphatic heterocycles. The molecule has 110 valence electrons. The van der Waals surface area contributed by atoms with Gasteiger partial charge in [0.25, 0.3) is 5.91 Å². The summed E-state index contributed by atoms with van der Waals surface area (Å²) in [5, 5.41) is 0.474. The van der Waals surface area contributed by atoms with E-state index in [2.05, 4.69) is 15.9 Å². The van der Waals surface area contributed by atoms with E-state index in [0.29, 0.717) is 37.1 Å². The molecule has 20 heavy (non-hydrogen) atoms. The molecule has 1 aliphatic rings. The number of carbonyl (C=O) groups is 1. The molecule has 1 saturated heterocycles. The molecule has 4 nitrogen and oxygen atoms in total. The SMILES string of the molecule is CC(C)(Oc1ccc(Br)cc1Cl)C(=O)N1CCOCC1. The third-order valence-corrected chi connectivity index (χ3v) is 3.86. The maximum atomic E-state index is 12.5. The summed E-state index contributed by atoms with van der Waals surface area (Å²) in [6, 6.07) is 5.32. The molecule has 1 aromatic carbocycles. The van der Waals surface area contributed by atoms with Crippen LogP contribution in [0.25, 0.3) is 0 Å². The Labute approximate surface area is 132 Å². The van der Waals surface area contributed by atoms with E-state index >= 15 is 0 Å². The first-order valence-corrected chi connectivity index (χ1v) is 7.58. The van der Waals surface area contributed by atoms with Crippen LogP contribution in [-0.2, 0) is 9.53 Å². The second-order valence-electron chi connectivity index (χ2n) is 5.09. The van der Waals surface area contributed by atoms with Crippen LogP contribution in [0.4, 0.5) is 0 Å². The summed E-state index contributed by atoms with van der Waals surface area (Å²) in [4.78, 5) is 14.3.